The largest absolute Gasteiger partial charge is 0.508 e. The minimum absolute atomic E-state index is 0.0382. The Morgan fingerprint density at radius 3 is 1.95 bits per heavy atom. The molecule has 0 amide bonds. The maximum atomic E-state index is 9.70. The Morgan fingerprint density at radius 2 is 1.36 bits per heavy atom. The van der Waals surface area contributed by atoms with Crippen LogP contribution < -0.4 is 0 Å². The summed E-state index contributed by atoms with van der Waals surface area (Å²) >= 11 is 0. The van der Waals surface area contributed by atoms with Crippen molar-refractivity contribution in [1.29, 1.82) is 0 Å². The second-order valence-electron chi connectivity index (χ2n) is 5.59. The van der Waals surface area contributed by atoms with Crippen LogP contribution in [-0.2, 0) is 32.5 Å². The zero-order valence-electron chi connectivity index (χ0n) is 13.0. The standard InChI is InChI=1S/C19H24O3/c1-2-16-10-15(7-9-19(16)22)5-3-4-14-6-8-17(12-20)18(11-14)13-21/h6-11,20-22H,2-5,12-13H2,1H3. The normalized spacial score (nSPS) is 10.9. The maximum Gasteiger partial charge on any atom is 0.118 e. The van der Waals surface area contributed by atoms with Crippen molar-refractivity contribution < 1.29 is 15.3 Å². The summed E-state index contributed by atoms with van der Waals surface area (Å²) in [6.45, 7) is 1.96. The fourth-order valence-electron chi connectivity index (χ4n) is 2.71. The lowest BCUT2D eigenvalue weighted by atomic mass is 9.98. The van der Waals surface area contributed by atoms with Gasteiger partial charge in [0.15, 0.2) is 0 Å². The molecule has 0 spiro atoms. The van der Waals surface area contributed by atoms with Crippen molar-refractivity contribution >= 4 is 0 Å². The van der Waals surface area contributed by atoms with E-state index in [0.717, 1.165) is 42.4 Å². The lowest BCUT2D eigenvalue weighted by Crippen LogP contribution is -1.97. The minimum atomic E-state index is -0.0401. The number of hydrogen-bond acceptors (Lipinski definition) is 3. The van der Waals surface area contributed by atoms with Crippen LogP contribution in [0.2, 0.25) is 0 Å². The fraction of sp³-hybridized carbons (Fsp3) is 0.368. The van der Waals surface area contributed by atoms with Gasteiger partial charge in [0.1, 0.15) is 5.75 Å². The monoisotopic (exact) mass is 300 g/mol. The van der Waals surface area contributed by atoms with Crippen LogP contribution in [0, 0.1) is 0 Å². The maximum absolute atomic E-state index is 9.70. The van der Waals surface area contributed by atoms with Gasteiger partial charge in [-0.05, 0) is 59.6 Å². The average molecular weight is 300 g/mol. The van der Waals surface area contributed by atoms with Crippen molar-refractivity contribution in [2.45, 2.75) is 45.8 Å². The second kappa shape index (κ2) is 7.97. The first-order valence-electron chi connectivity index (χ1n) is 7.81. The van der Waals surface area contributed by atoms with Crippen molar-refractivity contribution in [2.75, 3.05) is 0 Å². The highest BCUT2D eigenvalue weighted by molar-refractivity contribution is 5.36. The molecule has 2 rings (SSSR count). The number of aryl methyl sites for hydroxylation is 3. The summed E-state index contributed by atoms with van der Waals surface area (Å²) in [4.78, 5) is 0. The van der Waals surface area contributed by atoms with Crippen LogP contribution >= 0.6 is 0 Å². The first-order valence-corrected chi connectivity index (χ1v) is 7.81. The Hall–Kier alpha value is -1.84. The summed E-state index contributed by atoms with van der Waals surface area (Å²) in [5, 5.41) is 28.2. The molecule has 0 fully saturated rings. The Kier molecular flexibility index (Phi) is 5.99. The molecular weight excluding hydrogens is 276 g/mol. The molecule has 0 unspecified atom stereocenters. The molecule has 0 saturated carbocycles. The first-order chi connectivity index (χ1) is 10.7. The van der Waals surface area contributed by atoms with Gasteiger partial charge in [-0.25, -0.2) is 0 Å². The van der Waals surface area contributed by atoms with Crippen molar-refractivity contribution in [3.8, 4) is 5.75 Å². The number of aromatic hydroxyl groups is 1. The predicted octanol–water partition coefficient (Wildman–Crippen LogP) is 3.11. The number of aliphatic hydroxyl groups excluding tert-OH is 2. The van der Waals surface area contributed by atoms with Gasteiger partial charge in [-0.3, -0.25) is 0 Å². The molecule has 0 heterocycles. The number of rotatable bonds is 7. The van der Waals surface area contributed by atoms with Gasteiger partial charge < -0.3 is 15.3 Å². The Bertz CT molecular complexity index is 620. The number of benzene rings is 2. The van der Waals surface area contributed by atoms with Gasteiger partial charge in [-0.15, -0.1) is 0 Å². The van der Waals surface area contributed by atoms with Gasteiger partial charge in [0, 0.05) is 0 Å². The lowest BCUT2D eigenvalue weighted by Gasteiger charge is -2.09. The molecule has 3 N–H and O–H groups in total. The lowest BCUT2D eigenvalue weighted by molar-refractivity contribution is 0.260. The van der Waals surface area contributed by atoms with Crippen molar-refractivity contribution in [3.63, 3.8) is 0 Å². The first kappa shape index (κ1) is 16.5. The molecule has 0 aromatic heterocycles. The quantitative estimate of drug-likeness (QED) is 0.736. The fourth-order valence-corrected chi connectivity index (χ4v) is 2.71. The summed E-state index contributed by atoms with van der Waals surface area (Å²) in [6, 6.07) is 11.7. The molecule has 2 aromatic rings. The number of aliphatic hydroxyl groups is 2. The Morgan fingerprint density at radius 1 is 0.773 bits per heavy atom. The van der Waals surface area contributed by atoms with Crippen molar-refractivity contribution in [1.82, 2.24) is 0 Å². The van der Waals surface area contributed by atoms with Crippen LogP contribution in [0.25, 0.3) is 0 Å². The predicted molar refractivity (Wildman–Crippen MR) is 87.8 cm³/mol. The molecule has 2 aromatic carbocycles. The molecule has 0 aliphatic heterocycles. The molecule has 0 aliphatic rings. The summed E-state index contributed by atoms with van der Waals surface area (Å²) in [7, 11) is 0. The van der Waals surface area contributed by atoms with Crippen LogP contribution in [0.4, 0.5) is 0 Å². The highest BCUT2D eigenvalue weighted by Crippen LogP contribution is 2.20. The topological polar surface area (TPSA) is 60.7 Å². The van der Waals surface area contributed by atoms with Crippen LogP contribution in [0.1, 0.15) is 41.2 Å². The van der Waals surface area contributed by atoms with E-state index in [2.05, 4.69) is 6.07 Å². The molecule has 0 bridgehead atoms. The van der Waals surface area contributed by atoms with E-state index in [4.69, 9.17) is 0 Å². The van der Waals surface area contributed by atoms with Crippen molar-refractivity contribution in [2.24, 2.45) is 0 Å². The van der Waals surface area contributed by atoms with Crippen LogP contribution in [0.5, 0.6) is 5.75 Å². The van der Waals surface area contributed by atoms with E-state index < -0.39 is 0 Å². The summed E-state index contributed by atoms with van der Waals surface area (Å²) in [5.74, 6) is 0.374. The SMILES string of the molecule is CCc1cc(CCCc2ccc(CO)c(CO)c2)ccc1O. The zero-order valence-corrected chi connectivity index (χ0v) is 13.0. The van der Waals surface area contributed by atoms with E-state index in [1.165, 1.54) is 11.1 Å². The van der Waals surface area contributed by atoms with E-state index in [-0.39, 0.29) is 13.2 Å². The van der Waals surface area contributed by atoms with Gasteiger partial charge >= 0.3 is 0 Å². The highest BCUT2D eigenvalue weighted by Gasteiger charge is 2.04. The summed E-state index contributed by atoms with van der Waals surface area (Å²) in [5.41, 5.74) is 5.00. The third-order valence-corrected chi connectivity index (χ3v) is 4.07. The molecule has 0 radical (unpaired) electrons. The third-order valence-electron chi connectivity index (χ3n) is 4.07. The minimum Gasteiger partial charge on any atom is -0.508 e. The van der Waals surface area contributed by atoms with E-state index in [1.807, 2.05) is 31.2 Å². The Labute approximate surface area is 131 Å². The molecule has 0 aliphatic carbocycles. The second-order valence-corrected chi connectivity index (χ2v) is 5.59. The average Bonchev–Trinajstić information content (AvgIpc) is 2.56. The molecular formula is C19H24O3. The van der Waals surface area contributed by atoms with Gasteiger partial charge in [-0.1, -0.05) is 37.3 Å². The summed E-state index contributed by atoms with van der Waals surface area (Å²) < 4.78 is 0. The van der Waals surface area contributed by atoms with E-state index in [9.17, 15) is 15.3 Å². The molecule has 22 heavy (non-hydrogen) atoms. The van der Waals surface area contributed by atoms with Crippen molar-refractivity contribution in [3.05, 3.63) is 64.2 Å². The molecule has 118 valence electrons. The molecule has 0 saturated heterocycles. The number of phenols is 1. The molecule has 0 atom stereocenters. The molecule has 3 heteroatoms. The van der Waals surface area contributed by atoms with Crippen LogP contribution in [0.3, 0.4) is 0 Å². The Balaban J connectivity index is 1.96. The summed E-state index contributed by atoms with van der Waals surface area (Å²) in [6.07, 6.45) is 3.74. The number of phenolic OH excluding ortho intramolecular Hbond substituents is 1. The van der Waals surface area contributed by atoms with E-state index in [0.29, 0.717) is 5.75 Å². The van der Waals surface area contributed by atoms with E-state index in [1.54, 1.807) is 6.07 Å². The highest BCUT2D eigenvalue weighted by atomic mass is 16.3. The van der Waals surface area contributed by atoms with Crippen LogP contribution in [-0.4, -0.2) is 15.3 Å². The van der Waals surface area contributed by atoms with Gasteiger partial charge in [0.05, 0.1) is 13.2 Å². The number of hydrogen-bond donors (Lipinski definition) is 3. The van der Waals surface area contributed by atoms with Gasteiger partial charge in [-0.2, -0.15) is 0 Å². The van der Waals surface area contributed by atoms with Crippen LogP contribution in [0.15, 0.2) is 36.4 Å². The molecule has 3 nitrogen and oxygen atoms in total. The van der Waals surface area contributed by atoms with Gasteiger partial charge in [0.2, 0.25) is 0 Å². The van der Waals surface area contributed by atoms with Gasteiger partial charge in [0.25, 0.3) is 0 Å². The third kappa shape index (κ3) is 4.09. The van der Waals surface area contributed by atoms with E-state index >= 15 is 0 Å². The smallest absolute Gasteiger partial charge is 0.118 e. The zero-order chi connectivity index (χ0) is 15.9.